The minimum atomic E-state index is -0.749. The van der Waals surface area contributed by atoms with Crippen molar-refractivity contribution >= 4 is 29.1 Å². The van der Waals surface area contributed by atoms with Crippen molar-refractivity contribution in [2.24, 2.45) is 0 Å². The number of benzene rings is 2. The van der Waals surface area contributed by atoms with Gasteiger partial charge in [-0.2, -0.15) is 0 Å². The van der Waals surface area contributed by atoms with Crippen LogP contribution in [0.15, 0.2) is 42.5 Å². The van der Waals surface area contributed by atoms with E-state index in [-0.39, 0.29) is 30.0 Å². The number of anilines is 1. The van der Waals surface area contributed by atoms with Gasteiger partial charge in [-0.05, 0) is 29.7 Å². The molecule has 0 bridgehead atoms. The number of carbonyl (C=O) groups excluding carboxylic acids is 3. The largest absolute Gasteiger partial charge is 0.326 e. The van der Waals surface area contributed by atoms with Gasteiger partial charge in [0.1, 0.15) is 5.56 Å². The lowest BCUT2D eigenvalue weighted by Crippen LogP contribution is -2.33. The summed E-state index contributed by atoms with van der Waals surface area (Å²) in [7, 11) is 0. The van der Waals surface area contributed by atoms with Crippen LogP contribution in [0.1, 0.15) is 52.5 Å². The third-order valence-corrected chi connectivity index (χ3v) is 4.60. The number of nitrogens with zero attached hydrogens (tertiary/aromatic N) is 2. The number of rotatable bonds is 6. The number of hydrogen-bond acceptors (Lipinski definition) is 5. The maximum absolute atomic E-state index is 12.5. The van der Waals surface area contributed by atoms with Gasteiger partial charge in [-0.15, -0.1) is 0 Å². The molecule has 1 heterocycles. The molecule has 2 aromatic rings. The maximum atomic E-state index is 12.5. The summed E-state index contributed by atoms with van der Waals surface area (Å²) in [5.41, 5.74) is 1.12. The number of nitro benzene ring substituents is 1. The molecule has 0 aliphatic carbocycles. The summed E-state index contributed by atoms with van der Waals surface area (Å²) in [5, 5.41) is 13.8. The molecule has 3 amide bonds. The fourth-order valence-electron chi connectivity index (χ4n) is 3.06. The molecule has 0 spiro atoms. The highest BCUT2D eigenvalue weighted by molar-refractivity contribution is 6.23. The van der Waals surface area contributed by atoms with Gasteiger partial charge >= 0.3 is 0 Å². The van der Waals surface area contributed by atoms with Gasteiger partial charge in [0.25, 0.3) is 17.5 Å². The Morgan fingerprint density at radius 3 is 2.39 bits per heavy atom. The summed E-state index contributed by atoms with van der Waals surface area (Å²) in [5.74, 6) is -1.36. The highest BCUT2D eigenvalue weighted by Gasteiger charge is 2.40. The second-order valence-electron chi connectivity index (χ2n) is 6.79. The first kappa shape index (κ1) is 19.2. The molecule has 0 aromatic heterocycles. The van der Waals surface area contributed by atoms with Crippen molar-refractivity contribution in [2.75, 3.05) is 11.9 Å². The van der Waals surface area contributed by atoms with Crippen LogP contribution in [0.5, 0.6) is 0 Å². The third kappa shape index (κ3) is 3.62. The highest BCUT2D eigenvalue weighted by Crippen LogP contribution is 2.30. The smallest absolute Gasteiger partial charge is 0.282 e. The minimum Gasteiger partial charge on any atom is -0.326 e. The Kier molecular flexibility index (Phi) is 5.21. The summed E-state index contributed by atoms with van der Waals surface area (Å²) in [4.78, 5) is 48.4. The van der Waals surface area contributed by atoms with Gasteiger partial charge in [-0.3, -0.25) is 29.4 Å². The van der Waals surface area contributed by atoms with E-state index in [0.29, 0.717) is 11.6 Å². The summed E-state index contributed by atoms with van der Waals surface area (Å²) >= 11 is 0. The monoisotopic (exact) mass is 381 g/mol. The molecule has 2 aromatic carbocycles. The molecule has 8 nitrogen and oxygen atoms in total. The quantitative estimate of drug-likeness (QED) is 0.469. The van der Waals surface area contributed by atoms with E-state index >= 15 is 0 Å². The molecular formula is C20H19N3O5. The summed E-state index contributed by atoms with van der Waals surface area (Å²) in [6.07, 6.45) is -0.106. The maximum Gasteiger partial charge on any atom is 0.282 e. The van der Waals surface area contributed by atoms with Crippen LogP contribution in [-0.4, -0.2) is 34.1 Å². The molecule has 144 valence electrons. The number of nitrogens with one attached hydrogen (secondary N) is 1. The zero-order valence-corrected chi connectivity index (χ0v) is 15.5. The Bertz CT molecular complexity index is 966. The molecule has 0 saturated heterocycles. The van der Waals surface area contributed by atoms with E-state index in [9.17, 15) is 24.5 Å². The molecule has 0 atom stereocenters. The van der Waals surface area contributed by atoms with Crippen LogP contribution in [0.2, 0.25) is 0 Å². The van der Waals surface area contributed by atoms with E-state index in [0.717, 1.165) is 10.5 Å². The summed E-state index contributed by atoms with van der Waals surface area (Å²) in [6.45, 7) is 3.99. The number of nitro groups is 1. The number of imide groups is 1. The zero-order valence-electron chi connectivity index (χ0n) is 15.5. The van der Waals surface area contributed by atoms with Crippen molar-refractivity contribution in [1.82, 2.24) is 4.90 Å². The van der Waals surface area contributed by atoms with Crippen molar-refractivity contribution < 1.29 is 19.3 Å². The molecular weight excluding hydrogens is 362 g/mol. The third-order valence-electron chi connectivity index (χ3n) is 4.60. The van der Waals surface area contributed by atoms with E-state index in [4.69, 9.17) is 0 Å². The number of fused-ring (bicyclic) bond motifs is 1. The van der Waals surface area contributed by atoms with Crippen LogP contribution in [0.4, 0.5) is 11.4 Å². The Balaban J connectivity index is 1.65. The molecule has 1 aliphatic rings. The van der Waals surface area contributed by atoms with Gasteiger partial charge in [0.15, 0.2) is 0 Å². The Morgan fingerprint density at radius 1 is 1.11 bits per heavy atom. The molecule has 1 N–H and O–H groups in total. The van der Waals surface area contributed by atoms with Crippen molar-refractivity contribution in [3.05, 3.63) is 69.3 Å². The first-order valence-electron chi connectivity index (χ1n) is 8.83. The van der Waals surface area contributed by atoms with Gasteiger partial charge in [0.2, 0.25) is 5.91 Å². The zero-order chi connectivity index (χ0) is 20.4. The Morgan fingerprint density at radius 2 is 1.79 bits per heavy atom. The van der Waals surface area contributed by atoms with Gasteiger partial charge in [-0.1, -0.05) is 32.0 Å². The van der Waals surface area contributed by atoms with Crippen LogP contribution in [-0.2, 0) is 4.79 Å². The van der Waals surface area contributed by atoms with Gasteiger partial charge in [-0.25, -0.2) is 0 Å². The molecule has 1 aliphatic heterocycles. The second kappa shape index (κ2) is 7.59. The predicted molar refractivity (Wildman–Crippen MR) is 102 cm³/mol. The lowest BCUT2D eigenvalue weighted by molar-refractivity contribution is -0.385. The molecule has 3 rings (SSSR count). The van der Waals surface area contributed by atoms with Crippen LogP contribution < -0.4 is 5.32 Å². The lowest BCUT2D eigenvalue weighted by Gasteiger charge is -2.13. The molecule has 0 saturated carbocycles. The average molecular weight is 381 g/mol. The van der Waals surface area contributed by atoms with Crippen LogP contribution in [0.25, 0.3) is 0 Å². The number of carbonyl (C=O) groups is 3. The van der Waals surface area contributed by atoms with E-state index < -0.39 is 22.4 Å². The SMILES string of the molecule is CC(C)c1ccc(NC(=O)CCN2C(=O)c3cccc([N+](=O)[O-])c3C2=O)cc1. The standard InChI is InChI=1S/C20H19N3O5/c1-12(2)13-6-8-14(9-7-13)21-17(24)10-11-22-19(25)15-4-3-5-16(23(27)28)18(15)20(22)26/h3-9,12H,10-11H2,1-2H3,(H,21,24). The van der Waals surface area contributed by atoms with Crippen molar-refractivity contribution in [3.63, 3.8) is 0 Å². The summed E-state index contributed by atoms with van der Waals surface area (Å²) in [6, 6.07) is 11.3. The van der Waals surface area contributed by atoms with Gasteiger partial charge in [0.05, 0.1) is 10.5 Å². The number of amides is 3. The van der Waals surface area contributed by atoms with E-state index in [1.54, 1.807) is 12.1 Å². The second-order valence-corrected chi connectivity index (χ2v) is 6.79. The van der Waals surface area contributed by atoms with Crippen LogP contribution in [0, 0.1) is 10.1 Å². The molecule has 0 radical (unpaired) electrons. The first-order chi connectivity index (χ1) is 13.3. The van der Waals surface area contributed by atoms with E-state index in [1.165, 1.54) is 18.2 Å². The topological polar surface area (TPSA) is 110 Å². The van der Waals surface area contributed by atoms with Gasteiger partial charge < -0.3 is 5.32 Å². The predicted octanol–water partition coefficient (Wildman–Crippen LogP) is 3.34. The molecule has 0 fully saturated rings. The summed E-state index contributed by atoms with van der Waals surface area (Å²) < 4.78 is 0. The Hall–Kier alpha value is -3.55. The number of hydrogen-bond donors (Lipinski definition) is 1. The van der Waals surface area contributed by atoms with Crippen molar-refractivity contribution in [3.8, 4) is 0 Å². The fraction of sp³-hybridized carbons (Fsp3) is 0.250. The van der Waals surface area contributed by atoms with Crippen molar-refractivity contribution in [2.45, 2.75) is 26.2 Å². The Labute approximate surface area is 161 Å². The normalized spacial score (nSPS) is 13.0. The lowest BCUT2D eigenvalue weighted by atomic mass is 10.0. The first-order valence-corrected chi connectivity index (χ1v) is 8.83. The minimum absolute atomic E-state index is 0.0103. The van der Waals surface area contributed by atoms with Crippen molar-refractivity contribution in [1.29, 1.82) is 0 Å². The van der Waals surface area contributed by atoms with Crippen LogP contribution in [0.3, 0.4) is 0 Å². The van der Waals surface area contributed by atoms with Crippen LogP contribution >= 0.6 is 0 Å². The molecule has 0 unspecified atom stereocenters. The fourth-order valence-corrected chi connectivity index (χ4v) is 3.06. The average Bonchev–Trinajstić information content (AvgIpc) is 2.91. The molecule has 8 heteroatoms. The van der Waals surface area contributed by atoms with Gasteiger partial charge in [0, 0.05) is 24.7 Å². The molecule has 28 heavy (non-hydrogen) atoms. The van der Waals surface area contributed by atoms with E-state index in [2.05, 4.69) is 19.2 Å². The van der Waals surface area contributed by atoms with E-state index in [1.807, 2.05) is 12.1 Å². The highest BCUT2D eigenvalue weighted by atomic mass is 16.6.